The Labute approximate surface area is 116 Å². The summed E-state index contributed by atoms with van der Waals surface area (Å²) in [4.78, 5) is 16.3. The zero-order valence-corrected chi connectivity index (χ0v) is 12.3. The van der Waals surface area contributed by atoms with Crippen molar-refractivity contribution in [2.75, 3.05) is 53.5 Å². The zero-order valence-electron chi connectivity index (χ0n) is 12.3. The molecule has 2 rings (SSSR count). The summed E-state index contributed by atoms with van der Waals surface area (Å²) in [5.74, 6) is 0.204. The lowest BCUT2D eigenvalue weighted by molar-refractivity contribution is -0.134. The molecule has 110 valence electrons. The minimum atomic E-state index is 0.204. The highest BCUT2D eigenvalue weighted by atomic mass is 16.5. The van der Waals surface area contributed by atoms with Gasteiger partial charge in [0.05, 0.1) is 19.8 Å². The summed E-state index contributed by atoms with van der Waals surface area (Å²) >= 11 is 0. The van der Waals surface area contributed by atoms with Crippen LogP contribution in [0.3, 0.4) is 0 Å². The number of carbonyl (C=O) groups excluding carboxylic acids is 1. The number of ether oxygens (including phenoxy) is 1. The quantitative estimate of drug-likeness (QED) is 0.780. The van der Waals surface area contributed by atoms with E-state index in [0.717, 1.165) is 19.6 Å². The highest BCUT2D eigenvalue weighted by Crippen LogP contribution is 2.32. The van der Waals surface area contributed by atoms with Gasteiger partial charge >= 0.3 is 0 Å². The van der Waals surface area contributed by atoms with Crippen LogP contribution in [0.2, 0.25) is 0 Å². The van der Waals surface area contributed by atoms with Crippen LogP contribution >= 0.6 is 0 Å². The molecule has 0 atom stereocenters. The molecule has 2 fully saturated rings. The topological polar surface area (TPSA) is 44.8 Å². The number of amides is 1. The molecular weight excluding hydrogens is 242 g/mol. The van der Waals surface area contributed by atoms with E-state index in [4.69, 9.17) is 4.74 Å². The van der Waals surface area contributed by atoms with Gasteiger partial charge in [0, 0.05) is 25.2 Å². The fraction of sp³-hybridized carbons (Fsp3) is 0.929. The van der Waals surface area contributed by atoms with E-state index < -0.39 is 0 Å². The van der Waals surface area contributed by atoms with Gasteiger partial charge in [-0.3, -0.25) is 4.79 Å². The lowest BCUT2D eigenvalue weighted by Crippen LogP contribution is -2.52. The van der Waals surface area contributed by atoms with Gasteiger partial charge in [-0.1, -0.05) is 12.8 Å². The van der Waals surface area contributed by atoms with Gasteiger partial charge in [0.1, 0.15) is 0 Å². The molecule has 1 saturated carbocycles. The standard InChI is InChI=1S/C14H27N3O2/c1-16(2)14(5-3-4-6-14)12-15-11-13(18)17-7-9-19-10-8-17/h15H,3-12H2,1-2H3. The van der Waals surface area contributed by atoms with Crippen LogP contribution in [0.15, 0.2) is 0 Å². The number of rotatable bonds is 5. The molecule has 5 nitrogen and oxygen atoms in total. The van der Waals surface area contributed by atoms with Crippen molar-refractivity contribution in [1.82, 2.24) is 15.1 Å². The summed E-state index contributed by atoms with van der Waals surface area (Å²) < 4.78 is 5.26. The Morgan fingerprint density at radius 1 is 1.26 bits per heavy atom. The summed E-state index contributed by atoms with van der Waals surface area (Å²) in [6.07, 6.45) is 5.08. The Kier molecular flexibility index (Phi) is 5.19. The van der Waals surface area contributed by atoms with E-state index >= 15 is 0 Å². The highest BCUT2D eigenvalue weighted by Gasteiger charge is 2.35. The number of hydrogen-bond acceptors (Lipinski definition) is 4. The lowest BCUT2D eigenvalue weighted by atomic mass is 9.96. The van der Waals surface area contributed by atoms with Crippen molar-refractivity contribution >= 4 is 5.91 Å². The molecule has 1 heterocycles. The Hall–Kier alpha value is -0.650. The van der Waals surface area contributed by atoms with Crippen molar-refractivity contribution in [2.24, 2.45) is 0 Å². The molecule has 1 saturated heterocycles. The van der Waals surface area contributed by atoms with Crippen LogP contribution in [0.5, 0.6) is 0 Å². The number of hydrogen-bond donors (Lipinski definition) is 1. The smallest absolute Gasteiger partial charge is 0.236 e. The Morgan fingerprint density at radius 3 is 2.47 bits per heavy atom. The van der Waals surface area contributed by atoms with Crippen LogP contribution in [0.25, 0.3) is 0 Å². The third-order valence-electron chi connectivity index (χ3n) is 4.58. The van der Waals surface area contributed by atoms with Crippen molar-refractivity contribution in [3.05, 3.63) is 0 Å². The predicted octanol–water partition coefficient (Wildman–Crippen LogP) is 0.309. The molecule has 0 radical (unpaired) electrons. The lowest BCUT2D eigenvalue weighted by Gasteiger charge is -2.37. The first kappa shape index (κ1) is 14.8. The molecule has 1 aliphatic heterocycles. The number of nitrogens with zero attached hydrogens (tertiary/aromatic N) is 2. The van der Waals surface area contributed by atoms with Crippen LogP contribution in [0.4, 0.5) is 0 Å². The van der Waals surface area contributed by atoms with E-state index in [0.29, 0.717) is 19.8 Å². The van der Waals surface area contributed by atoms with E-state index in [9.17, 15) is 4.79 Å². The molecule has 0 spiro atoms. The Balaban J connectivity index is 1.74. The van der Waals surface area contributed by atoms with Crippen LogP contribution < -0.4 is 5.32 Å². The van der Waals surface area contributed by atoms with Gasteiger partial charge in [0.2, 0.25) is 5.91 Å². The van der Waals surface area contributed by atoms with Crippen molar-refractivity contribution in [3.63, 3.8) is 0 Å². The summed E-state index contributed by atoms with van der Waals surface area (Å²) in [7, 11) is 4.30. The largest absolute Gasteiger partial charge is 0.378 e. The third kappa shape index (κ3) is 3.68. The van der Waals surface area contributed by atoms with Gasteiger partial charge in [0.15, 0.2) is 0 Å². The molecule has 0 aromatic rings. The first-order chi connectivity index (χ1) is 9.14. The van der Waals surface area contributed by atoms with Crippen LogP contribution in [-0.2, 0) is 9.53 Å². The molecule has 1 amide bonds. The van der Waals surface area contributed by atoms with Crippen molar-refractivity contribution in [2.45, 2.75) is 31.2 Å². The highest BCUT2D eigenvalue weighted by molar-refractivity contribution is 5.78. The maximum atomic E-state index is 12.0. The minimum absolute atomic E-state index is 0.204. The summed E-state index contributed by atoms with van der Waals surface area (Å²) in [6.45, 7) is 4.19. The minimum Gasteiger partial charge on any atom is -0.378 e. The molecular formula is C14H27N3O2. The van der Waals surface area contributed by atoms with E-state index in [-0.39, 0.29) is 11.4 Å². The maximum absolute atomic E-state index is 12.0. The number of nitrogens with one attached hydrogen (secondary N) is 1. The Morgan fingerprint density at radius 2 is 1.89 bits per heavy atom. The van der Waals surface area contributed by atoms with E-state index in [1.54, 1.807) is 0 Å². The summed E-state index contributed by atoms with van der Waals surface area (Å²) in [6, 6.07) is 0. The Bertz CT molecular complexity index is 295. The molecule has 1 aliphatic carbocycles. The third-order valence-corrected chi connectivity index (χ3v) is 4.58. The van der Waals surface area contributed by atoms with Crippen molar-refractivity contribution in [1.29, 1.82) is 0 Å². The normalized spacial score (nSPS) is 23.0. The van der Waals surface area contributed by atoms with Gasteiger partial charge in [-0.15, -0.1) is 0 Å². The van der Waals surface area contributed by atoms with Crippen molar-refractivity contribution < 1.29 is 9.53 Å². The average molecular weight is 269 g/mol. The molecule has 19 heavy (non-hydrogen) atoms. The van der Waals surface area contributed by atoms with E-state index in [2.05, 4.69) is 24.3 Å². The van der Waals surface area contributed by atoms with Gasteiger partial charge in [-0.2, -0.15) is 0 Å². The second-order valence-corrected chi connectivity index (χ2v) is 5.92. The van der Waals surface area contributed by atoms with Gasteiger partial charge < -0.3 is 19.9 Å². The molecule has 5 heteroatoms. The number of likely N-dealkylation sites (N-methyl/N-ethyl adjacent to an activating group) is 1. The molecule has 1 N–H and O–H groups in total. The number of carbonyl (C=O) groups is 1. The average Bonchev–Trinajstić information content (AvgIpc) is 2.90. The molecule has 0 aromatic carbocycles. The zero-order chi connectivity index (χ0) is 13.7. The van der Waals surface area contributed by atoms with Gasteiger partial charge in [0.25, 0.3) is 0 Å². The second kappa shape index (κ2) is 6.68. The van der Waals surface area contributed by atoms with Crippen LogP contribution in [0.1, 0.15) is 25.7 Å². The van der Waals surface area contributed by atoms with Gasteiger partial charge in [-0.25, -0.2) is 0 Å². The predicted molar refractivity (Wildman–Crippen MR) is 75.2 cm³/mol. The maximum Gasteiger partial charge on any atom is 0.236 e. The summed E-state index contributed by atoms with van der Waals surface area (Å²) in [5.41, 5.74) is 0.255. The SMILES string of the molecule is CN(C)C1(CNCC(=O)N2CCOCC2)CCCC1. The fourth-order valence-electron chi connectivity index (χ4n) is 3.14. The van der Waals surface area contributed by atoms with Gasteiger partial charge in [-0.05, 0) is 26.9 Å². The summed E-state index contributed by atoms with van der Waals surface area (Å²) in [5, 5.41) is 3.37. The second-order valence-electron chi connectivity index (χ2n) is 5.92. The fourth-order valence-corrected chi connectivity index (χ4v) is 3.14. The molecule has 0 bridgehead atoms. The van der Waals surface area contributed by atoms with Crippen LogP contribution in [-0.4, -0.2) is 74.7 Å². The number of morpholine rings is 1. The van der Waals surface area contributed by atoms with Crippen molar-refractivity contribution in [3.8, 4) is 0 Å². The van der Waals surface area contributed by atoms with Crippen LogP contribution in [0, 0.1) is 0 Å². The monoisotopic (exact) mass is 269 g/mol. The first-order valence-electron chi connectivity index (χ1n) is 7.38. The molecule has 0 unspecified atom stereocenters. The van der Waals surface area contributed by atoms with E-state index in [1.807, 2.05) is 4.90 Å². The molecule has 0 aromatic heterocycles. The van der Waals surface area contributed by atoms with E-state index in [1.165, 1.54) is 25.7 Å². The molecule has 2 aliphatic rings. The first-order valence-corrected chi connectivity index (χ1v) is 7.38.